The van der Waals surface area contributed by atoms with Crippen molar-refractivity contribution in [3.63, 3.8) is 0 Å². The smallest absolute Gasteiger partial charge is 0.133 e. The van der Waals surface area contributed by atoms with Gasteiger partial charge in [0, 0.05) is 28.4 Å². The van der Waals surface area contributed by atoms with E-state index in [9.17, 15) is 4.79 Å². The van der Waals surface area contributed by atoms with Gasteiger partial charge in [0.1, 0.15) is 5.78 Å². The third-order valence-corrected chi connectivity index (χ3v) is 4.13. The molecule has 1 N–H and O–H groups in total. The Kier molecular flexibility index (Phi) is 3.76. The van der Waals surface area contributed by atoms with E-state index in [4.69, 9.17) is 23.2 Å². The molecule has 0 heterocycles. The summed E-state index contributed by atoms with van der Waals surface area (Å²) in [5.74, 6) is 0.334. The summed E-state index contributed by atoms with van der Waals surface area (Å²) in [5.41, 5.74) is 0.855. The first kappa shape index (κ1) is 12.9. The Balaban J connectivity index is 2.37. The molecule has 4 heteroatoms. The van der Waals surface area contributed by atoms with E-state index in [2.05, 4.69) is 5.32 Å². The lowest BCUT2D eigenvalue weighted by Crippen LogP contribution is -2.43. The molecule has 0 radical (unpaired) electrons. The molecule has 1 fully saturated rings. The zero-order valence-corrected chi connectivity index (χ0v) is 11.2. The molecule has 0 bridgehead atoms. The number of hydrogen-bond acceptors (Lipinski definition) is 2. The molecule has 0 aliphatic heterocycles. The van der Waals surface area contributed by atoms with Crippen LogP contribution in [0.4, 0.5) is 0 Å². The van der Waals surface area contributed by atoms with Crippen molar-refractivity contribution in [2.45, 2.75) is 31.2 Å². The van der Waals surface area contributed by atoms with Crippen molar-refractivity contribution in [2.75, 3.05) is 7.05 Å². The van der Waals surface area contributed by atoms with Crippen molar-refractivity contribution in [1.82, 2.24) is 5.32 Å². The second kappa shape index (κ2) is 4.97. The van der Waals surface area contributed by atoms with Crippen LogP contribution in [0.15, 0.2) is 18.2 Å². The fourth-order valence-electron chi connectivity index (χ4n) is 2.49. The Morgan fingerprint density at radius 1 is 1.24 bits per heavy atom. The van der Waals surface area contributed by atoms with E-state index in [1.54, 1.807) is 6.07 Å². The van der Waals surface area contributed by atoms with Crippen molar-refractivity contribution in [1.29, 1.82) is 0 Å². The molecular weight excluding hydrogens is 257 g/mol. The van der Waals surface area contributed by atoms with Gasteiger partial charge in [-0.05, 0) is 37.6 Å². The molecular formula is C13H15Cl2NO. The maximum Gasteiger partial charge on any atom is 0.133 e. The number of Topliss-reactive ketones (excluding diaryl/α,β-unsaturated/α-hetero) is 1. The van der Waals surface area contributed by atoms with Crippen molar-refractivity contribution in [3.05, 3.63) is 33.8 Å². The highest BCUT2D eigenvalue weighted by molar-refractivity contribution is 6.35. The number of benzene rings is 1. The summed E-state index contributed by atoms with van der Waals surface area (Å²) in [4.78, 5) is 11.4. The molecule has 1 aromatic carbocycles. The van der Waals surface area contributed by atoms with Crippen LogP contribution in [0.2, 0.25) is 10.0 Å². The number of carbonyl (C=O) groups excluding carboxylic acids is 1. The number of carbonyl (C=O) groups is 1. The van der Waals surface area contributed by atoms with Crippen molar-refractivity contribution in [2.24, 2.45) is 0 Å². The van der Waals surface area contributed by atoms with Crippen molar-refractivity contribution >= 4 is 29.0 Å². The van der Waals surface area contributed by atoms with Crippen LogP contribution in [-0.2, 0) is 10.3 Å². The SMILES string of the molecule is CNC1(c2ccc(Cl)cc2Cl)CCC(=O)CC1. The summed E-state index contributed by atoms with van der Waals surface area (Å²) in [6.07, 6.45) is 2.81. The fraction of sp³-hybridized carbons (Fsp3) is 0.462. The van der Waals surface area contributed by atoms with E-state index in [0.29, 0.717) is 28.7 Å². The van der Waals surface area contributed by atoms with Gasteiger partial charge < -0.3 is 5.32 Å². The maximum atomic E-state index is 11.4. The quantitative estimate of drug-likeness (QED) is 0.892. The molecule has 0 spiro atoms. The van der Waals surface area contributed by atoms with E-state index in [1.807, 2.05) is 19.2 Å². The van der Waals surface area contributed by atoms with Crippen LogP contribution in [-0.4, -0.2) is 12.8 Å². The van der Waals surface area contributed by atoms with Gasteiger partial charge in [-0.25, -0.2) is 0 Å². The summed E-state index contributed by atoms with van der Waals surface area (Å²) in [6.45, 7) is 0. The Bertz CT molecular complexity index is 435. The number of halogens is 2. The van der Waals surface area contributed by atoms with Gasteiger partial charge in [-0.3, -0.25) is 4.79 Å². The molecule has 1 aliphatic carbocycles. The van der Waals surface area contributed by atoms with Crippen LogP contribution >= 0.6 is 23.2 Å². The molecule has 1 saturated carbocycles. The number of ketones is 1. The molecule has 0 aromatic heterocycles. The van der Waals surface area contributed by atoms with E-state index >= 15 is 0 Å². The summed E-state index contributed by atoms with van der Waals surface area (Å²) < 4.78 is 0. The normalized spacial score (nSPS) is 19.4. The van der Waals surface area contributed by atoms with Gasteiger partial charge in [0.05, 0.1) is 0 Å². The van der Waals surface area contributed by atoms with E-state index in [0.717, 1.165) is 18.4 Å². The predicted octanol–water partition coefficient (Wildman–Crippen LogP) is 3.55. The molecule has 17 heavy (non-hydrogen) atoms. The summed E-state index contributed by atoms with van der Waals surface area (Å²) >= 11 is 12.2. The van der Waals surface area contributed by atoms with Crippen molar-refractivity contribution in [3.8, 4) is 0 Å². The van der Waals surface area contributed by atoms with E-state index < -0.39 is 0 Å². The van der Waals surface area contributed by atoms with E-state index in [-0.39, 0.29) is 5.54 Å². The third-order valence-electron chi connectivity index (χ3n) is 3.59. The molecule has 0 saturated heterocycles. The number of nitrogens with one attached hydrogen (secondary N) is 1. The topological polar surface area (TPSA) is 29.1 Å². The first-order valence-corrected chi connectivity index (χ1v) is 6.49. The largest absolute Gasteiger partial charge is 0.310 e. The lowest BCUT2D eigenvalue weighted by Gasteiger charge is -2.37. The Hall–Kier alpha value is -0.570. The van der Waals surface area contributed by atoms with Gasteiger partial charge in [-0.1, -0.05) is 29.3 Å². The standard InChI is InChI=1S/C13H15Cl2NO/c1-16-13(6-4-10(17)5-7-13)11-3-2-9(14)8-12(11)15/h2-3,8,16H,4-7H2,1H3. The van der Waals surface area contributed by atoms with Crippen LogP contribution in [0.5, 0.6) is 0 Å². The molecule has 0 atom stereocenters. The average Bonchev–Trinajstić information content (AvgIpc) is 2.31. The Labute approximate surface area is 111 Å². The van der Waals surface area contributed by atoms with E-state index in [1.165, 1.54) is 0 Å². The summed E-state index contributed by atoms with van der Waals surface area (Å²) in [5, 5.41) is 4.64. The highest BCUT2D eigenvalue weighted by Crippen LogP contribution is 2.39. The molecule has 2 nitrogen and oxygen atoms in total. The second-order valence-corrected chi connectivity index (χ2v) is 5.34. The van der Waals surface area contributed by atoms with Crippen LogP contribution in [0.25, 0.3) is 0 Å². The summed E-state index contributed by atoms with van der Waals surface area (Å²) in [6, 6.07) is 5.56. The lowest BCUT2D eigenvalue weighted by atomic mass is 9.76. The molecule has 1 aromatic rings. The monoisotopic (exact) mass is 271 g/mol. The number of rotatable bonds is 2. The highest BCUT2D eigenvalue weighted by atomic mass is 35.5. The molecule has 2 rings (SSSR count). The summed E-state index contributed by atoms with van der Waals surface area (Å²) in [7, 11) is 1.92. The minimum atomic E-state index is -0.185. The van der Waals surface area contributed by atoms with Gasteiger partial charge >= 0.3 is 0 Å². The van der Waals surface area contributed by atoms with Crippen LogP contribution in [0, 0.1) is 0 Å². The third kappa shape index (κ3) is 2.49. The van der Waals surface area contributed by atoms with Crippen LogP contribution in [0.1, 0.15) is 31.2 Å². The highest BCUT2D eigenvalue weighted by Gasteiger charge is 2.36. The van der Waals surface area contributed by atoms with Crippen LogP contribution in [0.3, 0.4) is 0 Å². The first-order chi connectivity index (χ1) is 8.07. The molecule has 92 valence electrons. The lowest BCUT2D eigenvalue weighted by molar-refractivity contribution is -0.121. The zero-order valence-electron chi connectivity index (χ0n) is 9.72. The molecule has 0 unspecified atom stereocenters. The van der Waals surface area contributed by atoms with Crippen LogP contribution < -0.4 is 5.32 Å². The second-order valence-electron chi connectivity index (χ2n) is 4.49. The first-order valence-electron chi connectivity index (χ1n) is 5.73. The fourth-order valence-corrected chi connectivity index (χ4v) is 3.08. The van der Waals surface area contributed by atoms with Gasteiger partial charge in [-0.2, -0.15) is 0 Å². The number of hydrogen-bond donors (Lipinski definition) is 1. The van der Waals surface area contributed by atoms with Gasteiger partial charge in [0.25, 0.3) is 0 Å². The Morgan fingerprint density at radius 3 is 2.41 bits per heavy atom. The minimum absolute atomic E-state index is 0.185. The Morgan fingerprint density at radius 2 is 1.88 bits per heavy atom. The molecule has 1 aliphatic rings. The predicted molar refractivity (Wildman–Crippen MR) is 70.7 cm³/mol. The average molecular weight is 272 g/mol. The minimum Gasteiger partial charge on any atom is -0.310 e. The van der Waals surface area contributed by atoms with Crippen molar-refractivity contribution < 1.29 is 4.79 Å². The van der Waals surface area contributed by atoms with Gasteiger partial charge in [0.2, 0.25) is 0 Å². The molecule has 0 amide bonds. The van der Waals surface area contributed by atoms with Gasteiger partial charge in [-0.15, -0.1) is 0 Å². The van der Waals surface area contributed by atoms with Gasteiger partial charge in [0.15, 0.2) is 0 Å². The maximum absolute atomic E-state index is 11.4. The zero-order chi connectivity index (χ0) is 12.5.